The summed E-state index contributed by atoms with van der Waals surface area (Å²) in [7, 11) is 0. The molecule has 0 aliphatic carbocycles. The lowest BCUT2D eigenvalue weighted by Crippen LogP contribution is -2.03. The summed E-state index contributed by atoms with van der Waals surface area (Å²) in [5, 5.41) is 0. The molecule has 0 fully saturated rings. The minimum atomic E-state index is -2.34. The van der Waals surface area contributed by atoms with Crippen molar-refractivity contribution in [2.75, 3.05) is 6.61 Å². The van der Waals surface area contributed by atoms with Crippen molar-refractivity contribution in [3.05, 3.63) is 0 Å². The van der Waals surface area contributed by atoms with Crippen molar-refractivity contribution in [3.63, 3.8) is 0 Å². The number of hydrogen-bond acceptors (Lipinski definition) is 3. The Morgan fingerprint density at radius 1 is 1.55 bits per heavy atom. The van der Waals surface area contributed by atoms with Gasteiger partial charge in [0.25, 0.3) is 0 Å². The van der Waals surface area contributed by atoms with E-state index in [0.29, 0.717) is 12.5 Å². The molecule has 4 heteroatoms. The second-order valence-corrected chi connectivity index (χ2v) is 3.35. The maximum atomic E-state index is 9.92. The van der Waals surface area contributed by atoms with Gasteiger partial charge in [-0.25, -0.2) is 4.21 Å². The van der Waals surface area contributed by atoms with E-state index in [1.54, 1.807) is 0 Å². The van der Waals surface area contributed by atoms with Crippen LogP contribution < -0.4 is 0 Å². The van der Waals surface area contributed by atoms with E-state index in [1.807, 2.05) is 0 Å². The zero-order chi connectivity index (χ0) is 8.69. The first-order valence-corrected chi connectivity index (χ1v) is 4.89. The van der Waals surface area contributed by atoms with Crippen molar-refractivity contribution in [3.8, 4) is 0 Å². The van der Waals surface area contributed by atoms with E-state index < -0.39 is 11.4 Å². The third kappa shape index (κ3) is 7.97. The molecule has 0 saturated carbocycles. The molecule has 0 aromatic carbocycles. The van der Waals surface area contributed by atoms with Crippen LogP contribution in [0, 0.1) is 5.92 Å². The fourth-order valence-electron chi connectivity index (χ4n) is 0.954. The Labute approximate surface area is 70.6 Å². The van der Waals surface area contributed by atoms with Crippen LogP contribution in [0.2, 0.25) is 0 Å². The van der Waals surface area contributed by atoms with Gasteiger partial charge in [0, 0.05) is 0 Å². The quantitative estimate of drug-likeness (QED) is 0.582. The van der Waals surface area contributed by atoms with E-state index in [4.69, 9.17) is 0 Å². The average molecular weight is 179 g/mol. The van der Waals surface area contributed by atoms with Crippen LogP contribution in [0.1, 0.15) is 33.1 Å². The number of rotatable bonds is 6. The maximum absolute atomic E-state index is 9.92. The van der Waals surface area contributed by atoms with Crippen LogP contribution in [0.4, 0.5) is 0 Å². The van der Waals surface area contributed by atoms with Gasteiger partial charge in [-0.05, 0) is 12.3 Å². The highest BCUT2D eigenvalue weighted by atomic mass is 32.2. The molecule has 0 heterocycles. The predicted molar refractivity (Wildman–Crippen MR) is 43.6 cm³/mol. The summed E-state index contributed by atoms with van der Waals surface area (Å²) in [6.07, 6.45) is 3.10. The standard InChI is InChI=1S/C7H16O3S/c1-3-4-7(2)5-6-10-11(8)9/h7H,3-6H2,1-2H3,(H,8,9)/p-1. The van der Waals surface area contributed by atoms with Crippen molar-refractivity contribution < 1.29 is 12.9 Å². The molecule has 0 aromatic rings. The molecule has 2 unspecified atom stereocenters. The molecule has 0 saturated heterocycles. The minimum absolute atomic E-state index is 0.317. The van der Waals surface area contributed by atoms with Crippen molar-refractivity contribution in [2.24, 2.45) is 5.92 Å². The van der Waals surface area contributed by atoms with Crippen molar-refractivity contribution >= 4 is 11.4 Å². The first-order chi connectivity index (χ1) is 5.16. The van der Waals surface area contributed by atoms with Crippen molar-refractivity contribution in [2.45, 2.75) is 33.1 Å². The SMILES string of the molecule is CCCC(C)CCOS(=O)[O-]. The Kier molecular flexibility index (Phi) is 6.80. The van der Waals surface area contributed by atoms with Gasteiger partial charge in [0.1, 0.15) is 0 Å². The van der Waals surface area contributed by atoms with Crippen LogP contribution in [-0.4, -0.2) is 15.4 Å². The fourth-order valence-corrected chi connectivity index (χ4v) is 1.19. The summed E-state index contributed by atoms with van der Waals surface area (Å²) in [6, 6.07) is 0. The van der Waals surface area contributed by atoms with E-state index in [0.717, 1.165) is 19.3 Å². The van der Waals surface area contributed by atoms with Gasteiger partial charge < -0.3 is 8.74 Å². The third-order valence-electron chi connectivity index (χ3n) is 1.57. The van der Waals surface area contributed by atoms with Gasteiger partial charge in [0.15, 0.2) is 0 Å². The van der Waals surface area contributed by atoms with Crippen molar-refractivity contribution in [1.29, 1.82) is 0 Å². The number of hydrogen-bond donors (Lipinski definition) is 0. The highest BCUT2D eigenvalue weighted by Crippen LogP contribution is 2.09. The topological polar surface area (TPSA) is 49.4 Å². The molecule has 0 aliphatic heterocycles. The molecule has 0 bridgehead atoms. The fraction of sp³-hybridized carbons (Fsp3) is 1.00. The zero-order valence-electron chi connectivity index (χ0n) is 7.04. The van der Waals surface area contributed by atoms with Gasteiger partial charge in [-0.3, -0.25) is 0 Å². The van der Waals surface area contributed by atoms with Gasteiger partial charge in [-0.2, -0.15) is 0 Å². The maximum Gasteiger partial charge on any atom is 0.0842 e. The largest absolute Gasteiger partial charge is 0.750 e. The lowest BCUT2D eigenvalue weighted by Gasteiger charge is -2.10. The molecular weight excluding hydrogens is 164 g/mol. The molecule has 2 atom stereocenters. The van der Waals surface area contributed by atoms with Gasteiger partial charge in [-0.1, -0.05) is 26.7 Å². The van der Waals surface area contributed by atoms with Crippen molar-refractivity contribution in [1.82, 2.24) is 0 Å². The highest BCUT2D eigenvalue weighted by molar-refractivity contribution is 7.74. The second kappa shape index (κ2) is 6.76. The Morgan fingerprint density at radius 2 is 2.18 bits per heavy atom. The summed E-state index contributed by atoms with van der Waals surface area (Å²) in [5.41, 5.74) is 0. The minimum Gasteiger partial charge on any atom is -0.750 e. The lowest BCUT2D eigenvalue weighted by atomic mass is 10.0. The summed E-state index contributed by atoms with van der Waals surface area (Å²) in [6.45, 7) is 4.53. The molecule has 0 radical (unpaired) electrons. The van der Waals surface area contributed by atoms with E-state index >= 15 is 0 Å². The molecule has 0 spiro atoms. The molecular formula is C7H15O3S-. The highest BCUT2D eigenvalue weighted by Gasteiger charge is 1.99. The van der Waals surface area contributed by atoms with Crippen LogP contribution in [-0.2, 0) is 15.5 Å². The Balaban J connectivity index is 3.16. The normalized spacial score (nSPS) is 16.3. The van der Waals surface area contributed by atoms with Crippen LogP contribution >= 0.6 is 0 Å². The second-order valence-electron chi connectivity index (χ2n) is 2.71. The van der Waals surface area contributed by atoms with Gasteiger partial charge in [0.05, 0.1) is 18.0 Å². The summed E-state index contributed by atoms with van der Waals surface area (Å²) in [4.78, 5) is 0. The molecule has 3 nitrogen and oxygen atoms in total. The molecule has 0 aromatic heterocycles. The smallest absolute Gasteiger partial charge is 0.0842 e. The monoisotopic (exact) mass is 179 g/mol. The molecule has 0 amide bonds. The van der Waals surface area contributed by atoms with Crippen LogP contribution in [0.3, 0.4) is 0 Å². The average Bonchev–Trinajstić information content (AvgIpc) is 1.87. The van der Waals surface area contributed by atoms with E-state index in [1.165, 1.54) is 0 Å². The Bertz CT molecular complexity index is 116. The van der Waals surface area contributed by atoms with Crippen LogP contribution in [0.15, 0.2) is 0 Å². The molecule has 0 rings (SSSR count). The first kappa shape index (κ1) is 11.1. The molecule has 11 heavy (non-hydrogen) atoms. The van der Waals surface area contributed by atoms with Crippen LogP contribution in [0.5, 0.6) is 0 Å². The van der Waals surface area contributed by atoms with E-state index in [9.17, 15) is 8.76 Å². The first-order valence-electron chi connectivity index (χ1n) is 3.89. The van der Waals surface area contributed by atoms with Gasteiger partial charge >= 0.3 is 0 Å². The predicted octanol–water partition coefficient (Wildman–Crippen LogP) is 1.62. The lowest BCUT2D eigenvalue weighted by molar-refractivity contribution is 0.270. The third-order valence-corrected chi connectivity index (χ3v) is 1.93. The molecule has 0 aliphatic rings. The molecule has 68 valence electrons. The molecule has 0 N–H and O–H groups in total. The Morgan fingerprint density at radius 3 is 2.64 bits per heavy atom. The van der Waals surface area contributed by atoms with Gasteiger partial charge in [0.2, 0.25) is 0 Å². The zero-order valence-corrected chi connectivity index (χ0v) is 7.86. The van der Waals surface area contributed by atoms with E-state index in [2.05, 4.69) is 18.0 Å². The van der Waals surface area contributed by atoms with E-state index in [-0.39, 0.29) is 0 Å². The summed E-state index contributed by atoms with van der Waals surface area (Å²) in [5.74, 6) is 0.559. The van der Waals surface area contributed by atoms with Gasteiger partial charge in [-0.15, -0.1) is 0 Å². The Hall–Kier alpha value is 0.0700. The summed E-state index contributed by atoms with van der Waals surface area (Å²) < 4.78 is 24.2. The van der Waals surface area contributed by atoms with Crippen LogP contribution in [0.25, 0.3) is 0 Å². The summed E-state index contributed by atoms with van der Waals surface area (Å²) >= 11 is -2.34.